The number of aliphatic hydroxyl groups is 2. The van der Waals surface area contributed by atoms with Crippen LogP contribution in [0.4, 0.5) is 0 Å². The van der Waals surface area contributed by atoms with Gasteiger partial charge in [0, 0.05) is 55.8 Å². The molecule has 9 saturated heterocycles. The van der Waals surface area contributed by atoms with Gasteiger partial charge >= 0.3 is 0 Å². The summed E-state index contributed by atoms with van der Waals surface area (Å²) in [5.41, 5.74) is -0.964. The van der Waals surface area contributed by atoms with E-state index in [1.165, 1.54) is 0 Å². The molecular weight excluding hydrogens is 969 g/mol. The number of aliphatic hydroxyl groups excluding tert-OH is 2. The molecule has 0 aromatic rings. The summed E-state index contributed by atoms with van der Waals surface area (Å²) in [5.74, 6) is 0.0804. The van der Waals surface area contributed by atoms with E-state index in [1.54, 1.807) is 6.08 Å². The second kappa shape index (κ2) is 21.3. The predicted octanol–water partition coefficient (Wildman–Crippen LogP) is 7.97. The normalized spacial score (nSPS) is 56.7. The van der Waals surface area contributed by atoms with Crippen LogP contribution in [0.3, 0.4) is 0 Å². The molecule has 13 aliphatic rings. The number of fused-ring (bicyclic) bond motifs is 11. The van der Waals surface area contributed by atoms with Crippen LogP contribution in [-0.2, 0) is 56.8 Å². The second-order valence-corrected chi connectivity index (χ2v) is 26.0. The van der Waals surface area contributed by atoms with E-state index in [0.717, 1.165) is 51.4 Å². The highest BCUT2D eigenvalue weighted by molar-refractivity contribution is 5.17. The smallest absolute Gasteiger partial charge is 0.171 e. The van der Waals surface area contributed by atoms with Gasteiger partial charge in [-0.3, -0.25) is 0 Å². The Morgan fingerprint density at radius 2 is 1.21 bits per heavy atom. The number of ether oxygens (including phenoxy) is 12. The second-order valence-electron chi connectivity index (χ2n) is 26.0. The van der Waals surface area contributed by atoms with Crippen molar-refractivity contribution in [2.24, 2.45) is 41.4 Å². The summed E-state index contributed by atoms with van der Waals surface area (Å²) in [7, 11) is 0. The Morgan fingerprint density at radius 1 is 0.526 bits per heavy atom. The van der Waals surface area contributed by atoms with Crippen molar-refractivity contribution in [3.8, 4) is 0 Å². The summed E-state index contributed by atoms with van der Waals surface area (Å²) in [6.45, 7) is 17.6. The van der Waals surface area contributed by atoms with Crippen molar-refractivity contribution in [2.45, 2.75) is 264 Å². The number of hydrogen-bond donors (Lipinski definition) is 2. The van der Waals surface area contributed by atoms with Crippen LogP contribution in [0.15, 0.2) is 73.4 Å². The minimum Gasteiger partial charge on any atom is -0.390 e. The molecule has 0 aromatic heterocycles. The van der Waals surface area contributed by atoms with Gasteiger partial charge in [-0.1, -0.05) is 108 Å². The molecule has 12 heterocycles. The van der Waals surface area contributed by atoms with Gasteiger partial charge in [-0.2, -0.15) is 0 Å². The minimum atomic E-state index is -0.964. The Morgan fingerprint density at radius 3 is 2.05 bits per heavy atom. The van der Waals surface area contributed by atoms with E-state index in [0.29, 0.717) is 32.3 Å². The van der Waals surface area contributed by atoms with Crippen LogP contribution in [-0.4, -0.2) is 162 Å². The van der Waals surface area contributed by atoms with Crippen LogP contribution < -0.4 is 0 Å². The Bertz CT molecular complexity index is 2230. The fourth-order valence-electron chi connectivity index (χ4n) is 16.6. The highest BCUT2D eigenvalue weighted by Crippen LogP contribution is 2.52. The first-order valence-electron chi connectivity index (χ1n) is 30.0. The van der Waals surface area contributed by atoms with Crippen molar-refractivity contribution >= 4 is 0 Å². The summed E-state index contributed by atoms with van der Waals surface area (Å²) in [4.78, 5) is 0. The third-order valence-corrected chi connectivity index (χ3v) is 21.2. The maximum absolute atomic E-state index is 12.5. The monoisotopic (exact) mass is 1060 g/mol. The molecule has 9 fully saturated rings. The molecule has 14 nitrogen and oxygen atoms in total. The van der Waals surface area contributed by atoms with Crippen LogP contribution in [0.25, 0.3) is 0 Å². The van der Waals surface area contributed by atoms with Crippen LogP contribution in [0, 0.1) is 41.4 Å². The van der Waals surface area contributed by atoms with Crippen molar-refractivity contribution < 1.29 is 67.1 Å². The lowest BCUT2D eigenvalue weighted by Crippen LogP contribution is -2.63. The highest BCUT2D eigenvalue weighted by Gasteiger charge is 2.62. The minimum absolute atomic E-state index is 0.0446. The molecule has 31 unspecified atom stereocenters. The molecule has 1 spiro atoms. The molecule has 12 aliphatic heterocycles. The molecule has 420 valence electrons. The van der Waals surface area contributed by atoms with E-state index in [1.807, 2.05) is 19.1 Å². The molecule has 0 saturated carbocycles. The van der Waals surface area contributed by atoms with E-state index in [9.17, 15) is 10.2 Å². The molecular formula is C62H88O14. The molecule has 13 rings (SSSR count). The van der Waals surface area contributed by atoms with Crippen molar-refractivity contribution in [2.75, 3.05) is 6.61 Å². The third-order valence-electron chi connectivity index (χ3n) is 21.2. The average molecular weight is 1060 g/mol. The lowest BCUT2D eigenvalue weighted by Gasteiger charge is -2.53. The summed E-state index contributed by atoms with van der Waals surface area (Å²) in [5, 5.41) is 24.5. The van der Waals surface area contributed by atoms with Gasteiger partial charge in [-0.25, -0.2) is 0 Å². The van der Waals surface area contributed by atoms with Gasteiger partial charge in [-0.05, 0) is 69.6 Å². The number of allylic oxidation sites excluding steroid dienone is 3. The molecule has 0 radical (unpaired) electrons. The Kier molecular flexibility index (Phi) is 14.9. The van der Waals surface area contributed by atoms with Crippen molar-refractivity contribution in [1.82, 2.24) is 0 Å². The van der Waals surface area contributed by atoms with Crippen molar-refractivity contribution in [1.29, 1.82) is 0 Å². The molecule has 0 bridgehead atoms. The highest BCUT2D eigenvalue weighted by atomic mass is 16.7. The van der Waals surface area contributed by atoms with E-state index < -0.39 is 35.8 Å². The Labute approximate surface area is 451 Å². The number of rotatable bonds is 2. The van der Waals surface area contributed by atoms with Crippen LogP contribution in [0.5, 0.6) is 0 Å². The van der Waals surface area contributed by atoms with E-state index >= 15 is 0 Å². The predicted molar refractivity (Wildman–Crippen MR) is 281 cm³/mol. The zero-order valence-electron chi connectivity index (χ0n) is 45.8. The van der Waals surface area contributed by atoms with Gasteiger partial charge in [0.1, 0.15) is 17.8 Å². The average Bonchev–Trinajstić information content (AvgIpc) is 3.63. The van der Waals surface area contributed by atoms with Crippen LogP contribution in [0.1, 0.15) is 119 Å². The first kappa shape index (κ1) is 53.2. The Hall–Kier alpha value is -2.12. The number of hydrogen-bond acceptors (Lipinski definition) is 14. The largest absolute Gasteiger partial charge is 0.390 e. The fraction of sp³-hybridized carbons (Fsp3) is 0.806. The molecule has 1 aliphatic carbocycles. The van der Waals surface area contributed by atoms with Crippen molar-refractivity contribution in [3.63, 3.8) is 0 Å². The van der Waals surface area contributed by atoms with E-state index in [-0.39, 0.29) is 151 Å². The summed E-state index contributed by atoms with van der Waals surface area (Å²) in [6, 6.07) is 0. The van der Waals surface area contributed by atoms with Gasteiger partial charge < -0.3 is 67.1 Å². The molecule has 2 N–H and O–H groups in total. The van der Waals surface area contributed by atoms with Crippen LogP contribution >= 0.6 is 0 Å². The fourth-order valence-corrected chi connectivity index (χ4v) is 16.6. The summed E-state index contributed by atoms with van der Waals surface area (Å²) >= 11 is 0. The maximum atomic E-state index is 12.5. The first-order valence-corrected chi connectivity index (χ1v) is 30.0. The van der Waals surface area contributed by atoms with E-state index in [4.69, 9.17) is 56.8 Å². The topological polar surface area (TPSA) is 151 Å². The molecule has 31 atom stereocenters. The van der Waals surface area contributed by atoms with Gasteiger partial charge in [0.25, 0.3) is 0 Å². The molecule has 0 aromatic carbocycles. The van der Waals surface area contributed by atoms with Gasteiger partial charge in [0.15, 0.2) is 5.79 Å². The summed E-state index contributed by atoms with van der Waals surface area (Å²) < 4.78 is 83.8. The summed E-state index contributed by atoms with van der Waals surface area (Å²) in [6.07, 6.45) is 26.6. The molecule has 76 heavy (non-hydrogen) atoms. The third kappa shape index (κ3) is 9.61. The molecule has 14 heteroatoms. The first-order chi connectivity index (χ1) is 36.8. The standard InChI is InChI=1S/C62H88O14/c1-8-9-15-39-16-12-18-44-57(66-39)35(5)58-51(69-44)28-46-43(72-58)20-19-38-27-37-14-10-11-17-42-48(68-40(37)21-22-41(38)67-46)30-53(63)61(7)54(71-42)31-49-50(75-61)26-32(2)25-45-47(70-49)29-52-56(73-45)34(4)55(64)60-59(74-52)33(3)36(6)62(76-60)23-13-24-65-62/h8-12,15-16,19-22,32-60,63-64H,1,13-14,17-18,23-31H2,2-7H3. The zero-order valence-corrected chi connectivity index (χ0v) is 45.8. The SMILES string of the molecule is C=CC=CC1C=CCC2OC3CC4OC5C=CC6OC7CC(O)C8(C)OC9CC(C)CC%10OC%11C(CC%10OC9CC8OC7CC=CCC6CC5C=CC4OC3C(C)C2O1)OC1C(C)C(C)C2(CCCO2)OC1C(O)C%11C. The zero-order chi connectivity index (χ0) is 52.2. The van der Waals surface area contributed by atoms with Gasteiger partial charge in [0.2, 0.25) is 0 Å². The van der Waals surface area contributed by atoms with Gasteiger partial charge in [0.05, 0.1) is 129 Å². The van der Waals surface area contributed by atoms with Gasteiger partial charge in [-0.15, -0.1) is 0 Å². The lowest BCUT2D eigenvalue weighted by atomic mass is 9.76. The maximum Gasteiger partial charge on any atom is 0.171 e. The van der Waals surface area contributed by atoms with E-state index in [2.05, 4.69) is 89.8 Å². The van der Waals surface area contributed by atoms with Crippen molar-refractivity contribution in [3.05, 3.63) is 73.4 Å². The Balaban J connectivity index is 0.686. The molecule has 0 amide bonds. The quantitative estimate of drug-likeness (QED) is 0.203. The lowest BCUT2D eigenvalue weighted by molar-refractivity contribution is -0.339. The van der Waals surface area contributed by atoms with Crippen LogP contribution in [0.2, 0.25) is 0 Å².